The molecule has 0 aliphatic rings. The van der Waals surface area contributed by atoms with Crippen LogP contribution in [0.1, 0.15) is 57.4 Å². The minimum atomic E-state index is 0.0347. The van der Waals surface area contributed by atoms with Crippen LogP contribution >= 0.6 is 0 Å². The van der Waals surface area contributed by atoms with Gasteiger partial charge in [0.15, 0.2) is 0 Å². The number of fused-ring (bicyclic) bond motifs is 1. The summed E-state index contributed by atoms with van der Waals surface area (Å²) >= 11 is 0. The number of hydrogen-bond donors (Lipinski definition) is 2. The number of nitrogens with one attached hydrogen (secondary N) is 2. The quantitative estimate of drug-likeness (QED) is 0.262. The van der Waals surface area contributed by atoms with Crippen LogP contribution in [0.5, 0.6) is 5.75 Å². The summed E-state index contributed by atoms with van der Waals surface area (Å²) in [7, 11) is 0. The van der Waals surface area contributed by atoms with Crippen LogP contribution in [0.2, 0.25) is 0 Å². The molecule has 0 spiro atoms. The highest BCUT2D eigenvalue weighted by Gasteiger charge is 2.17. The summed E-state index contributed by atoms with van der Waals surface area (Å²) in [5, 5.41) is 4.22. The van der Waals surface area contributed by atoms with Crippen LogP contribution < -0.4 is 10.1 Å². The minimum absolute atomic E-state index is 0.0347. The van der Waals surface area contributed by atoms with E-state index in [9.17, 15) is 4.79 Å². The van der Waals surface area contributed by atoms with Crippen LogP contribution in [0.15, 0.2) is 54.9 Å². The lowest BCUT2D eigenvalue weighted by Crippen LogP contribution is -2.32. The Hall–Kier alpha value is -3.94. The number of carbonyl (C=O) groups is 1. The van der Waals surface area contributed by atoms with Crippen molar-refractivity contribution < 1.29 is 9.53 Å². The van der Waals surface area contributed by atoms with Gasteiger partial charge in [-0.3, -0.25) is 9.78 Å². The van der Waals surface area contributed by atoms with E-state index >= 15 is 0 Å². The second kappa shape index (κ2) is 11.7. The smallest absolute Gasteiger partial charge is 0.270 e. The number of benzene rings is 1. The molecule has 36 heavy (non-hydrogen) atoms. The molecule has 4 aromatic rings. The maximum Gasteiger partial charge on any atom is 0.270 e. The monoisotopic (exact) mass is 486 g/mol. The van der Waals surface area contributed by atoms with Gasteiger partial charge < -0.3 is 19.9 Å². The molecule has 1 amide bonds. The fourth-order valence-corrected chi connectivity index (χ4v) is 3.98. The molecule has 0 saturated carbocycles. The predicted molar refractivity (Wildman–Crippen MR) is 144 cm³/mol. The van der Waals surface area contributed by atoms with Gasteiger partial charge in [-0.1, -0.05) is 20.8 Å². The van der Waals surface area contributed by atoms with Crippen molar-refractivity contribution in [1.82, 2.24) is 24.8 Å². The van der Waals surface area contributed by atoms with Crippen LogP contribution in [0.3, 0.4) is 0 Å². The number of amides is 1. The van der Waals surface area contributed by atoms with Gasteiger partial charge in [0.2, 0.25) is 5.95 Å². The number of nitrogens with zero attached hydrogens (tertiary/aromatic N) is 4. The first kappa shape index (κ1) is 25.2. The Kier molecular flexibility index (Phi) is 8.15. The number of aromatic nitrogens is 4. The molecule has 0 bridgehead atoms. The molecule has 8 heteroatoms. The number of carbonyl (C=O) groups excluding carboxylic acids is 1. The molecule has 1 unspecified atom stereocenters. The van der Waals surface area contributed by atoms with Crippen LogP contribution in [-0.4, -0.2) is 49.9 Å². The molecule has 0 aliphatic heterocycles. The standard InChI is InChI=1S/C28H34N6O2/c1-5-14-34(15-6-2)27(35)26-17-20-16-21(8-9-23(20)32-26)31-28-30-13-11-24(33-28)25-18-22(10-12-29-25)36-19(4)7-3/h8-13,16-19,32H,5-7,14-15H2,1-4H3,(H,30,31,33). The molecule has 0 aliphatic carbocycles. The normalized spacial score (nSPS) is 11.9. The molecule has 8 nitrogen and oxygen atoms in total. The lowest BCUT2D eigenvalue weighted by molar-refractivity contribution is 0.0750. The van der Waals surface area contributed by atoms with Crippen molar-refractivity contribution in [3.05, 3.63) is 60.6 Å². The van der Waals surface area contributed by atoms with Crippen LogP contribution in [-0.2, 0) is 0 Å². The van der Waals surface area contributed by atoms with E-state index in [4.69, 9.17) is 4.74 Å². The largest absolute Gasteiger partial charge is 0.491 e. The molecule has 3 heterocycles. The highest BCUT2D eigenvalue weighted by atomic mass is 16.5. The molecule has 0 radical (unpaired) electrons. The van der Waals surface area contributed by atoms with Gasteiger partial charge in [-0.05, 0) is 62.6 Å². The van der Waals surface area contributed by atoms with Gasteiger partial charge >= 0.3 is 0 Å². The summed E-state index contributed by atoms with van der Waals surface area (Å²) in [5.74, 6) is 1.26. The second-order valence-electron chi connectivity index (χ2n) is 8.88. The zero-order valence-electron chi connectivity index (χ0n) is 21.4. The molecular weight excluding hydrogens is 452 g/mol. The fraction of sp³-hybridized carbons (Fsp3) is 0.357. The van der Waals surface area contributed by atoms with Gasteiger partial charge in [0.1, 0.15) is 11.4 Å². The van der Waals surface area contributed by atoms with Gasteiger partial charge in [-0.25, -0.2) is 9.97 Å². The van der Waals surface area contributed by atoms with E-state index in [1.807, 2.05) is 54.3 Å². The van der Waals surface area contributed by atoms with Crippen LogP contribution in [0, 0.1) is 0 Å². The van der Waals surface area contributed by atoms with Crippen molar-refractivity contribution >= 4 is 28.4 Å². The number of hydrogen-bond acceptors (Lipinski definition) is 6. The topological polar surface area (TPSA) is 96.0 Å². The molecule has 3 aromatic heterocycles. The SMILES string of the molecule is CCCN(CCC)C(=O)c1cc2cc(Nc3nccc(-c4cc(OC(C)CC)ccn4)n3)ccc2[nH]1. The van der Waals surface area contributed by atoms with Crippen LogP contribution in [0.25, 0.3) is 22.3 Å². The fourth-order valence-electron chi connectivity index (χ4n) is 3.98. The molecule has 0 fully saturated rings. The van der Waals surface area contributed by atoms with Crippen molar-refractivity contribution in [1.29, 1.82) is 0 Å². The number of aromatic amines is 1. The van der Waals surface area contributed by atoms with E-state index in [1.54, 1.807) is 12.4 Å². The summed E-state index contributed by atoms with van der Waals surface area (Å²) in [5.41, 5.74) is 3.76. The Morgan fingerprint density at radius 2 is 1.78 bits per heavy atom. The van der Waals surface area contributed by atoms with E-state index in [-0.39, 0.29) is 12.0 Å². The predicted octanol–water partition coefficient (Wildman–Crippen LogP) is 6.20. The maximum atomic E-state index is 13.0. The summed E-state index contributed by atoms with van der Waals surface area (Å²) in [4.78, 5) is 31.6. The molecule has 1 aromatic carbocycles. The number of pyridine rings is 1. The van der Waals surface area contributed by atoms with Crippen molar-refractivity contribution in [2.24, 2.45) is 0 Å². The van der Waals surface area contributed by atoms with Crippen LogP contribution in [0.4, 0.5) is 11.6 Å². The average Bonchev–Trinajstić information content (AvgIpc) is 3.32. The zero-order valence-corrected chi connectivity index (χ0v) is 21.4. The minimum Gasteiger partial charge on any atom is -0.491 e. The van der Waals surface area contributed by atoms with E-state index in [2.05, 4.69) is 46.0 Å². The zero-order chi connectivity index (χ0) is 25.5. The molecule has 1 atom stereocenters. The van der Waals surface area contributed by atoms with Gasteiger partial charge in [0.05, 0.1) is 17.5 Å². The molecule has 188 valence electrons. The van der Waals surface area contributed by atoms with Gasteiger partial charge in [-0.15, -0.1) is 0 Å². The number of ether oxygens (including phenoxy) is 1. The molecule has 2 N–H and O–H groups in total. The van der Waals surface area contributed by atoms with Crippen molar-refractivity contribution in [2.45, 2.75) is 53.1 Å². The third-order valence-corrected chi connectivity index (χ3v) is 5.94. The Bertz CT molecular complexity index is 1310. The van der Waals surface area contributed by atoms with E-state index in [0.717, 1.165) is 54.7 Å². The van der Waals surface area contributed by atoms with Gasteiger partial charge in [0, 0.05) is 48.1 Å². The number of rotatable bonds is 11. The number of anilines is 2. The van der Waals surface area contributed by atoms with Gasteiger partial charge in [-0.2, -0.15) is 0 Å². The lowest BCUT2D eigenvalue weighted by atomic mass is 10.2. The summed E-state index contributed by atoms with van der Waals surface area (Å²) in [6, 6.07) is 13.4. The third kappa shape index (κ3) is 6.00. The first-order chi connectivity index (χ1) is 17.5. The highest BCUT2D eigenvalue weighted by molar-refractivity contribution is 5.98. The summed E-state index contributed by atoms with van der Waals surface area (Å²) in [6.07, 6.45) is 6.35. The third-order valence-electron chi connectivity index (χ3n) is 5.94. The summed E-state index contributed by atoms with van der Waals surface area (Å²) in [6.45, 7) is 9.81. The summed E-state index contributed by atoms with van der Waals surface area (Å²) < 4.78 is 5.92. The Morgan fingerprint density at radius 1 is 1.00 bits per heavy atom. The van der Waals surface area contributed by atoms with Gasteiger partial charge in [0.25, 0.3) is 5.91 Å². The Balaban J connectivity index is 1.53. The van der Waals surface area contributed by atoms with E-state index < -0.39 is 0 Å². The first-order valence-corrected chi connectivity index (χ1v) is 12.7. The average molecular weight is 487 g/mol. The number of H-pyrrole nitrogens is 1. The maximum absolute atomic E-state index is 13.0. The van der Waals surface area contributed by atoms with E-state index in [1.165, 1.54) is 0 Å². The molecule has 4 rings (SSSR count). The second-order valence-corrected chi connectivity index (χ2v) is 8.88. The highest BCUT2D eigenvalue weighted by Crippen LogP contribution is 2.25. The Labute approximate surface area is 212 Å². The van der Waals surface area contributed by atoms with Crippen molar-refractivity contribution in [2.75, 3.05) is 18.4 Å². The first-order valence-electron chi connectivity index (χ1n) is 12.7. The molecule has 0 saturated heterocycles. The Morgan fingerprint density at radius 3 is 2.53 bits per heavy atom. The molecular formula is C28H34N6O2. The lowest BCUT2D eigenvalue weighted by Gasteiger charge is -2.20. The van der Waals surface area contributed by atoms with Crippen molar-refractivity contribution in [3.63, 3.8) is 0 Å². The van der Waals surface area contributed by atoms with E-state index in [0.29, 0.717) is 23.0 Å². The van der Waals surface area contributed by atoms with Crippen molar-refractivity contribution in [3.8, 4) is 17.1 Å².